The molecule has 8 heteroatoms. The minimum Gasteiger partial charge on any atom is -0.507 e. The van der Waals surface area contributed by atoms with Gasteiger partial charge in [0.05, 0.1) is 10.6 Å². The van der Waals surface area contributed by atoms with Crippen LogP contribution in [-0.4, -0.2) is 30.5 Å². The summed E-state index contributed by atoms with van der Waals surface area (Å²) in [6.45, 7) is 3.80. The van der Waals surface area contributed by atoms with Gasteiger partial charge in [-0.15, -0.1) is 34.9 Å². The molecule has 1 N–H and O–H groups in total. The van der Waals surface area contributed by atoms with E-state index in [1.807, 2.05) is 62.4 Å². The monoisotopic (exact) mass is 581 g/mol. The van der Waals surface area contributed by atoms with Gasteiger partial charge in [-0.1, -0.05) is 34.0 Å². The van der Waals surface area contributed by atoms with Crippen LogP contribution in [0.1, 0.15) is 11.1 Å². The van der Waals surface area contributed by atoms with Crippen LogP contribution in [0, 0.1) is 19.9 Å². The van der Waals surface area contributed by atoms with Crippen LogP contribution in [-0.2, 0) is 21.1 Å². The van der Waals surface area contributed by atoms with Gasteiger partial charge in [0.1, 0.15) is 11.6 Å². The number of rotatable bonds is 4. The van der Waals surface area contributed by atoms with Crippen molar-refractivity contribution in [2.75, 3.05) is 0 Å². The van der Waals surface area contributed by atoms with E-state index in [9.17, 15) is 5.11 Å². The Morgan fingerprint density at radius 2 is 1.79 bits per heavy atom. The molecule has 148 valence electrons. The fourth-order valence-electron chi connectivity index (χ4n) is 2.77. The van der Waals surface area contributed by atoms with Crippen LogP contribution in [0.4, 0.5) is 0 Å². The van der Waals surface area contributed by atoms with Gasteiger partial charge < -0.3 is 5.11 Å². The number of pyridine rings is 1. The molecular formula is C21H16N5OPtS-. The quantitative estimate of drug-likeness (QED) is 0.361. The summed E-state index contributed by atoms with van der Waals surface area (Å²) >= 11 is 1.51. The van der Waals surface area contributed by atoms with Crippen molar-refractivity contribution in [3.05, 3.63) is 71.9 Å². The molecule has 4 aromatic rings. The Labute approximate surface area is 187 Å². The van der Waals surface area contributed by atoms with E-state index in [1.165, 1.54) is 11.8 Å². The summed E-state index contributed by atoms with van der Waals surface area (Å²) in [5.41, 5.74) is 3.00. The van der Waals surface area contributed by atoms with Crippen LogP contribution in [0.2, 0.25) is 0 Å². The first-order valence-corrected chi connectivity index (χ1v) is 9.41. The van der Waals surface area contributed by atoms with Gasteiger partial charge in [-0.25, -0.2) is 4.98 Å². The fourth-order valence-corrected chi connectivity index (χ4v) is 3.56. The zero-order valence-electron chi connectivity index (χ0n) is 15.6. The van der Waals surface area contributed by atoms with E-state index in [4.69, 9.17) is 0 Å². The molecule has 0 atom stereocenters. The van der Waals surface area contributed by atoms with E-state index in [-0.39, 0.29) is 26.8 Å². The topological polar surface area (TPSA) is 84.7 Å². The first-order chi connectivity index (χ1) is 13.6. The number of nitrogens with zero attached hydrogens (tertiary/aromatic N) is 5. The van der Waals surface area contributed by atoms with Gasteiger partial charge in [0, 0.05) is 27.3 Å². The summed E-state index contributed by atoms with van der Waals surface area (Å²) < 4.78 is 0. The van der Waals surface area contributed by atoms with Crippen LogP contribution in [0.3, 0.4) is 0 Å². The number of aromatic hydroxyl groups is 1. The molecule has 0 bridgehead atoms. The number of phenolic OH excluding ortho intramolecular Hbond substituents is 1. The summed E-state index contributed by atoms with van der Waals surface area (Å²) in [4.78, 5) is 9.72. The Hall–Kier alpha value is -2.63. The SMILES string of the molecule is Cc1cc(C)c(O)c(-c2nnnc(-c3[c-]c(Sc4ccccn4)ccc3)n2)c1.[Pt]. The second-order valence-electron chi connectivity index (χ2n) is 6.23. The molecule has 2 aromatic heterocycles. The predicted octanol–water partition coefficient (Wildman–Crippen LogP) is 4.27. The Bertz CT molecular complexity index is 1140. The average Bonchev–Trinajstić information content (AvgIpc) is 2.72. The Balaban J connectivity index is 0.00000240. The van der Waals surface area contributed by atoms with Crippen LogP contribution in [0.15, 0.2) is 64.6 Å². The van der Waals surface area contributed by atoms with Gasteiger partial charge in [-0.2, -0.15) is 5.10 Å². The maximum absolute atomic E-state index is 10.4. The molecule has 2 heterocycles. The smallest absolute Gasteiger partial charge is 0.180 e. The van der Waals surface area contributed by atoms with E-state index >= 15 is 0 Å². The number of hydrogen-bond donors (Lipinski definition) is 1. The minimum absolute atomic E-state index is 0. The number of aryl methyl sites for hydroxylation is 2. The Kier molecular flexibility index (Phi) is 6.72. The van der Waals surface area contributed by atoms with Crippen molar-refractivity contribution in [1.29, 1.82) is 0 Å². The first kappa shape index (κ1) is 21.1. The van der Waals surface area contributed by atoms with Gasteiger partial charge in [-0.3, -0.25) is 4.98 Å². The molecule has 0 unspecified atom stereocenters. The molecule has 0 aliphatic carbocycles. The van der Waals surface area contributed by atoms with Gasteiger partial charge in [-0.05, 0) is 43.2 Å². The number of phenols is 1. The zero-order chi connectivity index (χ0) is 19.5. The van der Waals surface area contributed by atoms with Crippen molar-refractivity contribution in [3.8, 4) is 28.5 Å². The van der Waals surface area contributed by atoms with E-state index in [1.54, 1.807) is 6.20 Å². The molecule has 0 saturated carbocycles. The molecule has 0 aliphatic rings. The predicted molar refractivity (Wildman–Crippen MR) is 107 cm³/mol. The second-order valence-corrected chi connectivity index (χ2v) is 7.29. The normalized spacial score (nSPS) is 10.4. The first-order valence-electron chi connectivity index (χ1n) is 8.60. The Morgan fingerprint density at radius 3 is 2.59 bits per heavy atom. The molecule has 0 saturated heterocycles. The van der Waals surface area contributed by atoms with Crippen molar-refractivity contribution in [2.24, 2.45) is 0 Å². The van der Waals surface area contributed by atoms with Crippen LogP contribution in [0.5, 0.6) is 5.75 Å². The van der Waals surface area contributed by atoms with Crippen molar-refractivity contribution in [3.63, 3.8) is 0 Å². The maximum Gasteiger partial charge on any atom is 0.180 e. The maximum atomic E-state index is 10.4. The van der Waals surface area contributed by atoms with Gasteiger partial charge >= 0.3 is 0 Å². The van der Waals surface area contributed by atoms with Crippen molar-refractivity contribution >= 4 is 11.8 Å². The molecule has 2 aromatic carbocycles. The molecular weight excluding hydrogens is 565 g/mol. The zero-order valence-corrected chi connectivity index (χ0v) is 18.7. The van der Waals surface area contributed by atoms with Gasteiger partial charge in [0.15, 0.2) is 5.82 Å². The third kappa shape index (κ3) is 4.86. The number of hydrogen-bond acceptors (Lipinski definition) is 7. The fraction of sp³-hybridized carbons (Fsp3) is 0.0952. The third-order valence-electron chi connectivity index (χ3n) is 4.04. The summed E-state index contributed by atoms with van der Waals surface area (Å²) in [7, 11) is 0. The summed E-state index contributed by atoms with van der Waals surface area (Å²) in [6.07, 6.45) is 1.75. The van der Waals surface area contributed by atoms with E-state index in [0.717, 1.165) is 21.0 Å². The molecule has 0 radical (unpaired) electrons. The standard InChI is InChI=1S/C21H16N5OS.Pt/c1-13-10-14(2)19(27)17(11-13)21-23-20(24-26-25-21)15-6-5-7-16(12-15)28-18-8-3-4-9-22-18;/h3-11,27H,1-2H3;/q-1;. The second kappa shape index (κ2) is 9.24. The number of benzene rings is 2. The van der Waals surface area contributed by atoms with E-state index in [2.05, 4.69) is 31.4 Å². The molecule has 6 nitrogen and oxygen atoms in total. The van der Waals surface area contributed by atoms with Gasteiger partial charge in [0.25, 0.3) is 0 Å². The van der Waals surface area contributed by atoms with E-state index in [0.29, 0.717) is 22.8 Å². The third-order valence-corrected chi connectivity index (χ3v) is 4.95. The van der Waals surface area contributed by atoms with E-state index < -0.39 is 0 Å². The van der Waals surface area contributed by atoms with Crippen molar-refractivity contribution in [2.45, 2.75) is 23.8 Å². The minimum atomic E-state index is 0. The molecule has 0 fully saturated rings. The van der Waals surface area contributed by atoms with Crippen molar-refractivity contribution in [1.82, 2.24) is 25.4 Å². The van der Waals surface area contributed by atoms with Crippen LogP contribution in [0.25, 0.3) is 22.8 Å². The molecule has 0 spiro atoms. The Morgan fingerprint density at radius 1 is 0.966 bits per heavy atom. The molecule has 0 amide bonds. The van der Waals surface area contributed by atoms with Crippen LogP contribution >= 0.6 is 11.8 Å². The molecule has 29 heavy (non-hydrogen) atoms. The largest absolute Gasteiger partial charge is 0.507 e. The summed E-state index contributed by atoms with van der Waals surface area (Å²) in [5.74, 6) is 0.866. The molecule has 0 aliphatic heterocycles. The summed E-state index contributed by atoms with van der Waals surface area (Å²) in [5, 5.41) is 23.2. The average molecular weight is 582 g/mol. The summed E-state index contributed by atoms with van der Waals surface area (Å²) in [6, 6.07) is 18.5. The number of aromatic nitrogens is 5. The van der Waals surface area contributed by atoms with Crippen molar-refractivity contribution < 1.29 is 26.2 Å². The van der Waals surface area contributed by atoms with Gasteiger partial charge in [0.2, 0.25) is 0 Å². The molecule has 4 rings (SSSR count). The van der Waals surface area contributed by atoms with Crippen LogP contribution < -0.4 is 0 Å².